The van der Waals surface area contributed by atoms with Crippen molar-refractivity contribution in [2.24, 2.45) is 0 Å². The minimum atomic E-state index is -0.212. The van der Waals surface area contributed by atoms with Gasteiger partial charge in [-0.25, -0.2) is 0 Å². The van der Waals surface area contributed by atoms with Crippen LogP contribution in [0.15, 0.2) is 54.6 Å². The summed E-state index contributed by atoms with van der Waals surface area (Å²) < 4.78 is 15.7. The number of hydrogen-bond acceptors (Lipinski definition) is 4. The Kier molecular flexibility index (Phi) is 5.27. The van der Waals surface area contributed by atoms with E-state index in [9.17, 15) is 4.79 Å². The largest absolute Gasteiger partial charge is 0.497 e. The first kappa shape index (κ1) is 17.6. The van der Waals surface area contributed by atoms with E-state index in [0.29, 0.717) is 23.6 Å². The standard InChI is InChI=1S/C21H21NO4/c1-24-17-7-6-15-10-14(4-5-16(15)11-17)13-22-21(23)19-12-18(25-2)8-9-20(19)26-3/h4-12H,13H2,1-3H3,(H,22,23). The molecule has 0 saturated carbocycles. The van der Waals surface area contributed by atoms with Crippen LogP contribution in [0.25, 0.3) is 10.8 Å². The molecule has 0 bridgehead atoms. The van der Waals surface area contributed by atoms with Gasteiger partial charge in [0.1, 0.15) is 17.2 Å². The van der Waals surface area contributed by atoms with Gasteiger partial charge in [-0.3, -0.25) is 4.79 Å². The van der Waals surface area contributed by atoms with E-state index < -0.39 is 0 Å². The van der Waals surface area contributed by atoms with E-state index in [1.54, 1.807) is 32.4 Å². The summed E-state index contributed by atoms with van der Waals surface area (Å²) in [6.07, 6.45) is 0. The summed E-state index contributed by atoms with van der Waals surface area (Å²) in [4.78, 5) is 12.5. The summed E-state index contributed by atoms with van der Waals surface area (Å²) in [5, 5.41) is 5.11. The fourth-order valence-electron chi connectivity index (χ4n) is 2.78. The van der Waals surface area contributed by atoms with Crippen molar-refractivity contribution in [1.82, 2.24) is 5.32 Å². The third-order valence-electron chi connectivity index (χ3n) is 4.22. The summed E-state index contributed by atoms with van der Waals surface area (Å²) in [6.45, 7) is 0.418. The Bertz CT molecular complexity index is 936. The lowest BCUT2D eigenvalue weighted by molar-refractivity contribution is 0.0947. The molecule has 0 aliphatic heterocycles. The van der Waals surface area contributed by atoms with Crippen molar-refractivity contribution >= 4 is 16.7 Å². The van der Waals surface area contributed by atoms with Gasteiger partial charge in [0.25, 0.3) is 5.91 Å². The molecule has 0 radical (unpaired) electrons. The van der Waals surface area contributed by atoms with Gasteiger partial charge in [-0.15, -0.1) is 0 Å². The third kappa shape index (κ3) is 3.72. The zero-order valence-corrected chi connectivity index (χ0v) is 15.0. The van der Waals surface area contributed by atoms with Crippen molar-refractivity contribution in [2.75, 3.05) is 21.3 Å². The number of carbonyl (C=O) groups excluding carboxylic acids is 1. The topological polar surface area (TPSA) is 56.8 Å². The Balaban J connectivity index is 1.76. The summed E-state index contributed by atoms with van der Waals surface area (Å²) in [5.41, 5.74) is 1.45. The zero-order valence-electron chi connectivity index (χ0n) is 15.0. The highest BCUT2D eigenvalue weighted by atomic mass is 16.5. The van der Waals surface area contributed by atoms with Gasteiger partial charge in [0.2, 0.25) is 0 Å². The predicted molar refractivity (Wildman–Crippen MR) is 101 cm³/mol. The first-order valence-corrected chi connectivity index (χ1v) is 8.21. The van der Waals surface area contributed by atoms with Gasteiger partial charge in [0.15, 0.2) is 0 Å². The molecule has 0 unspecified atom stereocenters. The number of methoxy groups -OCH3 is 3. The van der Waals surface area contributed by atoms with Crippen LogP contribution in [0.3, 0.4) is 0 Å². The highest BCUT2D eigenvalue weighted by Gasteiger charge is 2.13. The summed E-state index contributed by atoms with van der Waals surface area (Å²) in [5.74, 6) is 1.73. The minimum absolute atomic E-state index is 0.212. The summed E-state index contributed by atoms with van der Waals surface area (Å²) >= 11 is 0. The number of rotatable bonds is 6. The van der Waals surface area contributed by atoms with Gasteiger partial charge in [-0.2, -0.15) is 0 Å². The average molecular weight is 351 g/mol. The molecule has 5 heteroatoms. The fraction of sp³-hybridized carbons (Fsp3) is 0.190. The van der Waals surface area contributed by atoms with Crippen LogP contribution < -0.4 is 19.5 Å². The van der Waals surface area contributed by atoms with Crippen molar-refractivity contribution in [3.8, 4) is 17.2 Å². The van der Waals surface area contributed by atoms with Crippen molar-refractivity contribution in [3.63, 3.8) is 0 Å². The number of fused-ring (bicyclic) bond motifs is 1. The molecule has 3 rings (SSSR count). The molecule has 0 aliphatic rings. The molecule has 1 N–H and O–H groups in total. The minimum Gasteiger partial charge on any atom is -0.497 e. The van der Waals surface area contributed by atoms with Crippen LogP contribution in [-0.4, -0.2) is 27.2 Å². The van der Waals surface area contributed by atoms with Gasteiger partial charge in [0.05, 0.1) is 26.9 Å². The Morgan fingerprint density at radius 1 is 0.808 bits per heavy atom. The molecule has 0 aromatic heterocycles. The summed E-state index contributed by atoms with van der Waals surface area (Å²) in [7, 11) is 4.75. The van der Waals surface area contributed by atoms with Crippen LogP contribution in [0.5, 0.6) is 17.2 Å². The number of amides is 1. The van der Waals surface area contributed by atoms with E-state index in [-0.39, 0.29) is 5.91 Å². The molecule has 3 aromatic rings. The molecule has 1 amide bonds. The van der Waals surface area contributed by atoms with Crippen LogP contribution in [-0.2, 0) is 6.54 Å². The SMILES string of the molecule is COc1ccc(OC)c(C(=O)NCc2ccc3cc(OC)ccc3c2)c1. The molecule has 0 spiro atoms. The number of benzene rings is 3. The lowest BCUT2D eigenvalue weighted by Crippen LogP contribution is -2.23. The van der Waals surface area contributed by atoms with Crippen LogP contribution in [0.1, 0.15) is 15.9 Å². The van der Waals surface area contributed by atoms with Gasteiger partial charge < -0.3 is 19.5 Å². The van der Waals surface area contributed by atoms with E-state index in [4.69, 9.17) is 14.2 Å². The second-order valence-corrected chi connectivity index (χ2v) is 5.80. The Morgan fingerprint density at radius 3 is 2.19 bits per heavy atom. The predicted octanol–water partition coefficient (Wildman–Crippen LogP) is 3.80. The molecular formula is C21H21NO4. The average Bonchev–Trinajstić information content (AvgIpc) is 2.70. The van der Waals surface area contributed by atoms with Gasteiger partial charge in [-0.05, 0) is 52.7 Å². The van der Waals surface area contributed by atoms with E-state index in [2.05, 4.69) is 11.4 Å². The van der Waals surface area contributed by atoms with E-state index in [1.165, 1.54) is 7.11 Å². The van der Waals surface area contributed by atoms with Gasteiger partial charge >= 0.3 is 0 Å². The molecular weight excluding hydrogens is 330 g/mol. The maximum absolute atomic E-state index is 12.5. The van der Waals surface area contributed by atoms with Crippen LogP contribution in [0.4, 0.5) is 0 Å². The van der Waals surface area contributed by atoms with Gasteiger partial charge in [-0.1, -0.05) is 18.2 Å². The molecule has 26 heavy (non-hydrogen) atoms. The molecule has 0 saturated heterocycles. The van der Waals surface area contributed by atoms with E-state index in [1.807, 2.05) is 30.3 Å². The molecule has 0 heterocycles. The molecule has 0 fully saturated rings. The number of carbonyl (C=O) groups is 1. The maximum Gasteiger partial charge on any atom is 0.255 e. The van der Waals surface area contributed by atoms with Crippen LogP contribution in [0, 0.1) is 0 Å². The zero-order chi connectivity index (χ0) is 18.5. The highest BCUT2D eigenvalue weighted by Crippen LogP contribution is 2.24. The molecule has 3 aromatic carbocycles. The Hall–Kier alpha value is -3.21. The highest BCUT2D eigenvalue weighted by molar-refractivity contribution is 5.97. The quantitative estimate of drug-likeness (QED) is 0.734. The normalized spacial score (nSPS) is 10.4. The van der Waals surface area contributed by atoms with E-state index in [0.717, 1.165) is 22.1 Å². The smallest absolute Gasteiger partial charge is 0.255 e. The molecule has 0 atom stereocenters. The van der Waals surface area contributed by atoms with Gasteiger partial charge in [0, 0.05) is 6.54 Å². The number of nitrogens with one attached hydrogen (secondary N) is 1. The Morgan fingerprint density at radius 2 is 1.46 bits per heavy atom. The lowest BCUT2D eigenvalue weighted by atomic mass is 10.1. The first-order valence-electron chi connectivity index (χ1n) is 8.21. The van der Waals surface area contributed by atoms with E-state index >= 15 is 0 Å². The maximum atomic E-state index is 12.5. The molecule has 0 aliphatic carbocycles. The van der Waals surface area contributed by atoms with Crippen molar-refractivity contribution < 1.29 is 19.0 Å². The number of ether oxygens (including phenoxy) is 3. The third-order valence-corrected chi connectivity index (χ3v) is 4.22. The fourth-order valence-corrected chi connectivity index (χ4v) is 2.78. The van der Waals surface area contributed by atoms with Crippen molar-refractivity contribution in [2.45, 2.75) is 6.54 Å². The number of hydrogen-bond donors (Lipinski definition) is 1. The monoisotopic (exact) mass is 351 g/mol. The first-order chi connectivity index (χ1) is 12.6. The van der Waals surface area contributed by atoms with Crippen molar-refractivity contribution in [1.29, 1.82) is 0 Å². The molecule has 5 nitrogen and oxygen atoms in total. The van der Waals surface area contributed by atoms with Crippen molar-refractivity contribution in [3.05, 3.63) is 65.7 Å². The second kappa shape index (κ2) is 7.78. The van der Waals surface area contributed by atoms with Crippen LogP contribution in [0.2, 0.25) is 0 Å². The summed E-state index contributed by atoms with van der Waals surface area (Å²) in [6, 6.07) is 17.1. The van der Waals surface area contributed by atoms with Crippen LogP contribution >= 0.6 is 0 Å². The molecule has 134 valence electrons. The second-order valence-electron chi connectivity index (χ2n) is 5.80. The lowest BCUT2D eigenvalue weighted by Gasteiger charge is -2.11. The Labute approximate surface area is 152 Å².